The van der Waals surface area contributed by atoms with Crippen LogP contribution in [0.3, 0.4) is 0 Å². The number of allylic oxidation sites excluding steroid dienone is 2. The van der Waals surface area contributed by atoms with Crippen LogP contribution in [0.5, 0.6) is 0 Å². The SMILES string of the molecule is CN(CC(=O)NC(C)(C)C)CN1C(=O)[C@@H]2CC=CC[C@H]2C1=O. The molecule has 0 bridgehead atoms. The normalized spacial score (nSPS) is 24.9. The summed E-state index contributed by atoms with van der Waals surface area (Å²) in [6.07, 6.45) is 5.21. The molecule has 0 unspecified atom stereocenters. The van der Waals surface area contributed by atoms with Crippen LogP contribution in [0.1, 0.15) is 33.6 Å². The minimum atomic E-state index is -0.294. The van der Waals surface area contributed by atoms with Gasteiger partial charge in [0.1, 0.15) is 0 Å². The van der Waals surface area contributed by atoms with Crippen molar-refractivity contribution < 1.29 is 14.4 Å². The summed E-state index contributed by atoms with van der Waals surface area (Å²) in [5.74, 6) is -0.762. The van der Waals surface area contributed by atoms with Gasteiger partial charge >= 0.3 is 0 Å². The molecule has 1 heterocycles. The minimum Gasteiger partial charge on any atom is -0.350 e. The fourth-order valence-corrected chi connectivity index (χ4v) is 3.00. The highest BCUT2D eigenvalue weighted by Gasteiger charge is 2.47. The number of carbonyl (C=O) groups is 3. The van der Waals surface area contributed by atoms with E-state index >= 15 is 0 Å². The summed E-state index contributed by atoms with van der Waals surface area (Å²) in [6, 6.07) is 0. The Morgan fingerprint density at radius 1 is 1.23 bits per heavy atom. The number of imide groups is 1. The van der Waals surface area contributed by atoms with Gasteiger partial charge in [-0.3, -0.25) is 24.2 Å². The lowest BCUT2D eigenvalue weighted by atomic mass is 9.85. The molecule has 1 fully saturated rings. The highest BCUT2D eigenvalue weighted by molar-refractivity contribution is 6.05. The van der Waals surface area contributed by atoms with Gasteiger partial charge in [0.05, 0.1) is 25.0 Å². The monoisotopic (exact) mass is 307 g/mol. The highest BCUT2D eigenvalue weighted by atomic mass is 16.2. The Balaban J connectivity index is 1.92. The fourth-order valence-electron chi connectivity index (χ4n) is 3.00. The summed E-state index contributed by atoms with van der Waals surface area (Å²) in [5.41, 5.74) is -0.294. The standard InChI is InChI=1S/C16H25N3O3/c1-16(2,3)17-13(20)9-18(4)10-19-14(21)11-7-5-6-8-12(11)15(19)22/h5-6,11-12H,7-10H2,1-4H3,(H,17,20)/t11-,12-/m1/s1. The molecule has 1 aliphatic heterocycles. The number of rotatable bonds is 4. The predicted octanol–water partition coefficient (Wildman–Crippen LogP) is 0.742. The summed E-state index contributed by atoms with van der Waals surface area (Å²) in [6.45, 7) is 6.06. The first-order chi connectivity index (χ1) is 10.2. The van der Waals surface area contributed by atoms with E-state index in [1.165, 1.54) is 4.90 Å². The molecular weight excluding hydrogens is 282 g/mol. The number of nitrogens with zero attached hydrogens (tertiary/aromatic N) is 2. The lowest BCUT2D eigenvalue weighted by Gasteiger charge is -2.25. The van der Waals surface area contributed by atoms with Gasteiger partial charge in [0.2, 0.25) is 17.7 Å². The molecule has 0 aromatic rings. The quantitative estimate of drug-likeness (QED) is 0.614. The first-order valence-corrected chi connectivity index (χ1v) is 7.69. The Bertz CT molecular complexity index is 481. The van der Waals surface area contributed by atoms with Crippen molar-refractivity contribution in [1.82, 2.24) is 15.1 Å². The molecule has 2 atom stereocenters. The first-order valence-electron chi connectivity index (χ1n) is 7.69. The molecule has 0 aromatic carbocycles. The van der Waals surface area contributed by atoms with Crippen molar-refractivity contribution in [2.75, 3.05) is 20.3 Å². The largest absolute Gasteiger partial charge is 0.350 e. The third kappa shape index (κ3) is 3.74. The molecule has 6 nitrogen and oxygen atoms in total. The van der Waals surface area contributed by atoms with Crippen LogP contribution in [-0.4, -0.2) is 53.3 Å². The fraction of sp³-hybridized carbons (Fsp3) is 0.688. The van der Waals surface area contributed by atoms with Gasteiger partial charge < -0.3 is 5.32 Å². The Labute approximate surface area is 131 Å². The summed E-state index contributed by atoms with van der Waals surface area (Å²) in [4.78, 5) is 39.6. The van der Waals surface area contributed by atoms with Crippen molar-refractivity contribution in [3.8, 4) is 0 Å². The summed E-state index contributed by atoms with van der Waals surface area (Å²) in [7, 11) is 1.74. The van der Waals surface area contributed by atoms with Crippen molar-refractivity contribution in [3.05, 3.63) is 12.2 Å². The molecule has 122 valence electrons. The summed E-state index contributed by atoms with van der Waals surface area (Å²) in [5, 5.41) is 2.87. The molecule has 2 rings (SSSR count). The van der Waals surface area contributed by atoms with Crippen LogP contribution in [0.2, 0.25) is 0 Å². The van der Waals surface area contributed by atoms with Gasteiger partial charge in [-0.1, -0.05) is 12.2 Å². The molecule has 1 N–H and O–H groups in total. The van der Waals surface area contributed by atoms with Crippen molar-refractivity contribution in [2.24, 2.45) is 11.8 Å². The topological polar surface area (TPSA) is 69.7 Å². The molecule has 0 spiro atoms. The Morgan fingerprint density at radius 2 is 1.73 bits per heavy atom. The molecule has 0 saturated carbocycles. The Morgan fingerprint density at radius 3 is 2.18 bits per heavy atom. The molecule has 1 aliphatic carbocycles. The third-order valence-electron chi connectivity index (χ3n) is 3.91. The Hall–Kier alpha value is -1.69. The maximum Gasteiger partial charge on any atom is 0.234 e. The average molecular weight is 307 g/mol. The summed E-state index contributed by atoms with van der Waals surface area (Å²) < 4.78 is 0. The number of hydrogen-bond donors (Lipinski definition) is 1. The Kier molecular flexibility index (Phi) is 4.70. The molecule has 3 amide bonds. The van der Waals surface area contributed by atoms with Crippen LogP contribution < -0.4 is 5.32 Å². The van der Waals surface area contributed by atoms with Crippen molar-refractivity contribution in [1.29, 1.82) is 0 Å². The van der Waals surface area contributed by atoms with Crippen LogP contribution >= 0.6 is 0 Å². The van der Waals surface area contributed by atoms with E-state index in [2.05, 4.69) is 5.32 Å². The van der Waals surface area contributed by atoms with E-state index in [1.54, 1.807) is 11.9 Å². The number of fused-ring (bicyclic) bond motifs is 1. The number of likely N-dealkylation sites (N-methyl/N-ethyl adjacent to an activating group) is 1. The van der Waals surface area contributed by atoms with E-state index in [0.29, 0.717) is 12.8 Å². The molecule has 6 heteroatoms. The van der Waals surface area contributed by atoms with Crippen molar-refractivity contribution >= 4 is 17.7 Å². The molecule has 0 radical (unpaired) electrons. The van der Waals surface area contributed by atoms with Gasteiger partial charge in [-0.05, 0) is 40.7 Å². The number of carbonyl (C=O) groups excluding carboxylic acids is 3. The zero-order valence-corrected chi connectivity index (χ0v) is 13.8. The summed E-state index contributed by atoms with van der Waals surface area (Å²) >= 11 is 0. The van der Waals surface area contributed by atoms with Crippen LogP contribution in [0.25, 0.3) is 0 Å². The van der Waals surface area contributed by atoms with Gasteiger partial charge in [0.15, 0.2) is 0 Å². The van der Waals surface area contributed by atoms with E-state index in [4.69, 9.17) is 0 Å². The van der Waals surface area contributed by atoms with Gasteiger partial charge in [-0.15, -0.1) is 0 Å². The predicted molar refractivity (Wildman–Crippen MR) is 82.6 cm³/mol. The molecule has 2 aliphatic rings. The maximum absolute atomic E-state index is 12.3. The van der Waals surface area contributed by atoms with Gasteiger partial charge in [0, 0.05) is 5.54 Å². The smallest absolute Gasteiger partial charge is 0.234 e. The average Bonchev–Trinajstić information content (AvgIpc) is 2.62. The third-order valence-corrected chi connectivity index (χ3v) is 3.91. The number of hydrogen-bond acceptors (Lipinski definition) is 4. The van der Waals surface area contributed by atoms with E-state index in [-0.39, 0.29) is 48.3 Å². The highest BCUT2D eigenvalue weighted by Crippen LogP contribution is 2.34. The van der Waals surface area contributed by atoms with Gasteiger partial charge in [-0.2, -0.15) is 0 Å². The second-order valence-electron chi connectivity index (χ2n) is 7.21. The van der Waals surface area contributed by atoms with Crippen molar-refractivity contribution in [2.45, 2.75) is 39.2 Å². The van der Waals surface area contributed by atoms with E-state index in [1.807, 2.05) is 32.9 Å². The van der Waals surface area contributed by atoms with Crippen LogP contribution in [0.15, 0.2) is 12.2 Å². The number of nitrogens with one attached hydrogen (secondary N) is 1. The maximum atomic E-state index is 12.3. The first kappa shape index (κ1) is 16.7. The van der Waals surface area contributed by atoms with Crippen LogP contribution in [0.4, 0.5) is 0 Å². The van der Waals surface area contributed by atoms with Gasteiger partial charge in [0.25, 0.3) is 0 Å². The van der Waals surface area contributed by atoms with E-state index in [9.17, 15) is 14.4 Å². The van der Waals surface area contributed by atoms with Crippen molar-refractivity contribution in [3.63, 3.8) is 0 Å². The molecule has 22 heavy (non-hydrogen) atoms. The second kappa shape index (κ2) is 6.20. The zero-order valence-electron chi connectivity index (χ0n) is 13.8. The minimum absolute atomic E-state index is 0.109. The lowest BCUT2D eigenvalue weighted by molar-refractivity contribution is -0.143. The molecular formula is C16H25N3O3. The zero-order chi connectivity index (χ0) is 16.5. The van der Waals surface area contributed by atoms with Crippen LogP contribution in [-0.2, 0) is 14.4 Å². The van der Waals surface area contributed by atoms with E-state index < -0.39 is 0 Å². The number of amides is 3. The second-order valence-corrected chi connectivity index (χ2v) is 7.21. The van der Waals surface area contributed by atoms with Crippen LogP contribution in [0, 0.1) is 11.8 Å². The molecule has 1 saturated heterocycles. The van der Waals surface area contributed by atoms with Gasteiger partial charge in [-0.25, -0.2) is 0 Å². The van der Waals surface area contributed by atoms with E-state index in [0.717, 1.165) is 0 Å². The lowest BCUT2D eigenvalue weighted by Crippen LogP contribution is -2.48. The molecule has 0 aromatic heterocycles. The number of likely N-dealkylation sites (tertiary alicyclic amines) is 1.